The summed E-state index contributed by atoms with van der Waals surface area (Å²) < 4.78 is 13.4. The van der Waals surface area contributed by atoms with Crippen LogP contribution in [0, 0.1) is 24.6 Å². The van der Waals surface area contributed by atoms with Crippen LogP contribution < -0.4 is 0 Å². The minimum absolute atomic E-state index is 0.0788. The van der Waals surface area contributed by atoms with E-state index in [1.807, 2.05) is 26.0 Å². The monoisotopic (exact) mass is 310 g/mol. The Hall–Kier alpha value is -2.12. The number of hydrogen-bond acceptors (Lipinski definition) is 3. The third-order valence-corrected chi connectivity index (χ3v) is 4.42. The molecule has 0 amide bonds. The molecule has 2 heterocycles. The number of aryl methyl sites for hydroxylation is 1. The van der Waals surface area contributed by atoms with Gasteiger partial charge in [-0.05, 0) is 43.7 Å². The molecule has 0 saturated carbocycles. The van der Waals surface area contributed by atoms with Crippen LogP contribution >= 0.6 is 11.8 Å². The second-order valence-electron chi connectivity index (χ2n) is 5.14. The van der Waals surface area contributed by atoms with Gasteiger partial charge < -0.3 is 0 Å². The van der Waals surface area contributed by atoms with E-state index in [9.17, 15) is 4.39 Å². The van der Waals surface area contributed by atoms with Crippen molar-refractivity contribution >= 4 is 16.8 Å². The lowest BCUT2D eigenvalue weighted by Crippen LogP contribution is -1.98. The first-order chi connectivity index (χ1) is 10.6. The number of halogens is 1. The molecular weight excluding hydrogens is 295 g/mol. The lowest BCUT2D eigenvalue weighted by atomic mass is 10.0. The van der Waals surface area contributed by atoms with Crippen molar-refractivity contribution in [3.63, 3.8) is 0 Å². The molecule has 1 aliphatic heterocycles. The second kappa shape index (κ2) is 6.33. The van der Waals surface area contributed by atoms with Crippen LogP contribution in [0.2, 0.25) is 0 Å². The van der Waals surface area contributed by atoms with Crippen LogP contribution in [0.1, 0.15) is 18.1 Å². The predicted octanol–water partition coefficient (Wildman–Crippen LogP) is 4.08. The van der Waals surface area contributed by atoms with Crippen LogP contribution in [-0.4, -0.2) is 21.8 Å². The summed E-state index contributed by atoms with van der Waals surface area (Å²) in [5.41, 5.74) is 3.42. The molecule has 22 heavy (non-hydrogen) atoms. The first kappa shape index (κ1) is 14.8. The molecule has 1 aliphatic rings. The standard InChI is InChI=1S/C18H15FN2S/c1-12-3-6-15(19)9-17(12)18-8-5-14(10-20-18)4-7-16-11-22-13(2)21-16/h3,5-6,8-10,16H,11H2,1-2H3. The fourth-order valence-electron chi connectivity index (χ4n) is 2.23. The average molecular weight is 310 g/mol. The maximum Gasteiger partial charge on any atom is 0.123 e. The summed E-state index contributed by atoms with van der Waals surface area (Å²) in [7, 11) is 0. The van der Waals surface area contributed by atoms with Crippen molar-refractivity contribution in [1.82, 2.24) is 4.98 Å². The van der Waals surface area contributed by atoms with Gasteiger partial charge in [-0.2, -0.15) is 0 Å². The van der Waals surface area contributed by atoms with Crippen molar-refractivity contribution in [3.05, 3.63) is 53.5 Å². The summed E-state index contributed by atoms with van der Waals surface area (Å²) in [6.07, 6.45) is 1.73. The number of hydrogen-bond donors (Lipinski definition) is 0. The summed E-state index contributed by atoms with van der Waals surface area (Å²) in [6, 6.07) is 8.60. The van der Waals surface area contributed by atoms with Gasteiger partial charge in [0.25, 0.3) is 0 Å². The highest BCUT2D eigenvalue weighted by Crippen LogP contribution is 2.22. The van der Waals surface area contributed by atoms with E-state index >= 15 is 0 Å². The predicted molar refractivity (Wildman–Crippen MR) is 90.6 cm³/mol. The van der Waals surface area contributed by atoms with Crippen LogP contribution in [0.3, 0.4) is 0 Å². The topological polar surface area (TPSA) is 25.2 Å². The summed E-state index contributed by atoms with van der Waals surface area (Å²) in [6.45, 7) is 3.95. The summed E-state index contributed by atoms with van der Waals surface area (Å²) in [5.74, 6) is 6.93. The molecular formula is C18H15FN2S. The molecule has 0 aliphatic carbocycles. The third kappa shape index (κ3) is 3.37. The highest BCUT2D eigenvalue weighted by molar-refractivity contribution is 8.14. The van der Waals surface area contributed by atoms with E-state index in [-0.39, 0.29) is 11.9 Å². The molecule has 1 atom stereocenters. The van der Waals surface area contributed by atoms with Crippen LogP contribution in [0.4, 0.5) is 4.39 Å². The first-order valence-corrected chi connectivity index (χ1v) is 8.02. The summed E-state index contributed by atoms with van der Waals surface area (Å²) >= 11 is 1.74. The Morgan fingerprint density at radius 1 is 1.23 bits per heavy atom. The number of aliphatic imine (C=N–C) groups is 1. The van der Waals surface area contributed by atoms with Crippen molar-refractivity contribution < 1.29 is 4.39 Å². The molecule has 2 nitrogen and oxygen atoms in total. The molecule has 1 aromatic carbocycles. The van der Waals surface area contributed by atoms with Gasteiger partial charge in [0.05, 0.1) is 10.7 Å². The largest absolute Gasteiger partial charge is 0.266 e. The zero-order valence-electron chi connectivity index (χ0n) is 12.4. The number of aromatic nitrogens is 1. The third-order valence-electron chi connectivity index (χ3n) is 3.41. The van der Waals surface area contributed by atoms with Gasteiger partial charge in [-0.25, -0.2) is 4.39 Å². The van der Waals surface area contributed by atoms with E-state index in [1.165, 1.54) is 12.1 Å². The van der Waals surface area contributed by atoms with Gasteiger partial charge in [0.2, 0.25) is 0 Å². The molecule has 0 spiro atoms. The van der Waals surface area contributed by atoms with Gasteiger partial charge in [-0.15, -0.1) is 11.8 Å². The van der Waals surface area contributed by atoms with E-state index in [0.717, 1.165) is 33.2 Å². The zero-order chi connectivity index (χ0) is 15.5. The normalized spacial score (nSPS) is 16.9. The Kier molecular flexibility index (Phi) is 4.26. The molecule has 110 valence electrons. The van der Waals surface area contributed by atoms with Gasteiger partial charge in [-0.3, -0.25) is 9.98 Å². The Morgan fingerprint density at radius 2 is 2.09 bits per heavy atom. The lowest BCUT2D eigenvalue weighted by Gasteiger charge is -2.05. The van der Waals surface area contributed by atoms with Gasteiger partial charge in [0.15, 0.2) is 0 Å². The number of benzene rings is 1. The number of rotatable bonds is 1. The molecule has 1 unspecified atom stereocenters. The quantitative estimate of drug-likeness (QED) is 0.742. The van der Waals surface area contributed by atoms with Gasteiger partial charge in [0.1, 0.15) is 11.9 Å². The van der Waals surface area contributed by atoms with Crippen LogP contribution in [0.25, 0.3) is 11.3 Å². The average Bonchev–Trinajstić information content (AvgIpc) is 2.94. The SMILES string of the molecule is CC1=NC(C#Cc2ccc(-c3cc(F)ccc3C)nc2)CS1. The molecule has 1 aromatic heterocycles. The maximum absolute atomic E-state index is 13.4. The zero-order valence-corrected chi connectivity index (χ0v) is 13.2. The van der Waals surface area contributed by atoms with Crippen molar-refractivity contribution in [2.75, 3.05) is 5.75 Å². The highest BCUT2D eigenvalue weighted by Gasteiger charge is 2.11. The second-order valence-corrected chi connectivity index (χ2v) is 6.35. The van der Waals surface area contributed by atoms with E-state index in [4.69, 9.17) is 0 Å². The molecule has 0 N–H and O–H groups in total. The van der Waals surface area contributed by atoms with Gasteiger partial charge in [0, 0.05) is 23.1 Å². The minimum atomic E-state index is -0.252. The summed E-state index contributed by atoms with van der Waals surface area (Å²) in [4.78, 5) is 8.83. The molecule has 3 rings (SSSR count). The molecule has 2 aromatic rings. The highest BCUT2D eigenvalue weighted by atomic mass is 32.2. The van der Waals surface area contributed by atoms with Crippen molar-refractivity contribution in [2.45, 2.75) is 19.9 Å². The summed E-state index contributed by atoms with van der Waals surface area (Å²) in [5, 5.41) is 1.09. The Labute approximate surface area is 133 Å². The molecule has 0 fully saturated rings. The number of pyridine rings is 1. The molecule has 0 saturated heterocycles. The molecule has 0 radical (unpaired) electrons. The van der Waals surface area contributed by atoms with Gasteiger partial charge in [-0.1, -0.05) is 17.9 Å². The number of thioether (sulfide) groups is 1. The molecule has 4 heteroatoms. The van der Waals surface area contributed by atoms with Crippen LogP contribution in [0.5, 0.6) is 0 Å². The fourth-order valence-corrected chi connectivity index (χ4v) is 2.99. The number of nitrogens with zero attached hydrogens (tertiary/aromatic N) is 2. The lowest BCUT2D eigenvalue weighted by molar-refractivity contribution is 0.628. The van der Waals surface area contributed by atoms with Crippen molar-refractivity contribution in [3.8, 4) is 23.1 Å². The van der Waals surface area contributed by atoms with Crippen LogP contribution in [-0.2, 0) is 0 Å². The van der Waals surface area contributed by atoms with E-state index in [1.54, 1.807) is 24.0 Å². The Morgan fingerprint density at radius 3 is 2.77 bits per heavy atom. The van der Waals surface area contributed by atoms with Crippen LogP contribution in [0.15, 0.2) is 41.5 Å². The van der Waals surface area contributed by atoms with E-state index in [2.05, 4.69) is 21.8 Å². The van der Waals surface area contributed by atoms with E-state index in [0.29, 0.717) is 0 Å². The maximum atomic E-state index is 13.4. The van der Waals surface area contributed by atoms with Crippen molar-refractivity contribution in [2.24, 2.45) is 4.99 Å². The Balaban J connectivity index is 1.81. The van der Waals surface area contributed by atoms with Gasteiger partial charge >= 0.3 is 0 Å². The smallest absolute Gasteiger partial charge is 0.123 e. The van der Waals surface area contributed by atoms with E-state index < -0.39 is 0 Å². The minimum Gasteiger partial charge on any atom is -0.266 e. The Bertz CT molecular complexity index is 785. The molecule has 0 bridgehead atoms. The van der Waals surface area contributed by atoms with Crippen molar-refractivity contribution in [1.29, 1.82) is 0 Å². The fraction of sp³-hybridized carbons (Fsp3) is 0.222. The first-order valence-electron chi connectivity index (χ1n) is 7.03.